The van der Waals surface area contributed by atoms with Gasteiger partial charge in [-0.25, -0.2) is 4.39 Å². The van der Waals surface area contributed by atoms with Crippen LogP contribution in [0.3, 0.4) is 0 Å². The Kier molecular flexibility index (Phi) is 2.39. The zero-order valence-electron chi connectivity index (χ0n) is 5.89. The minimum atomic E-state index is -0.149. The largest absolute Gasteiger partial charge is 0.207 e. The summed E-state index contributed by atoms with van der Waals surface area (Å²) in [6.45, 7) is 2.01. The van der Waals surface area contributed by atoms with E-state index in [4.69, 9.17) is 0 Å². The average Bonchev–Trinajstić information content (AvgIpc) is 1.85. The first-order valence-corrected chi connectivity index (χ1v) is 3.85. The fraction of sp³-hybridized carbons (Fsp3) is 0.250. The highest BCUT2D eigenvalue weighted by Gasteiger charge is 1.94. The summed E-state index contributed by atoms with van der Waals surface area (Å²) in [7, 11) is 2.49. The molecule has 1 aromatic carbocycles. The van der Waals surface area contributed by atoms with Crippen molar-refractivity contribution in [3.63, 3.8) is 0 Å². The fourth-order valence-corrected chi connectivity index (χ4v) is 1.25. The second-order valence-electron chi connectivity index (χ2n) is 2.25. The van der Waals surface area contributed by atoms with Gasteiger partial charge in [0.1, 0.15) is 5.82 Å². The molecule has 0 saturated heterocycles. The molecule has 0 aromatic heterocycles. The van der Waals surface area contributed by atoms with Crippen LogP contribution < -0.4 is 5.30 Å². The maximum atomic E-state index is 12.6. The van der Waals surface area contributed by atoms with Crippen molar-refractivity contribution in [1.29, 1.82) is 0 Å². The van der Waals surface area contributed by atoms with E-state index < -0.39 is 0 Å². The van der Waals surface area contributed by atoms with Crippen LogP contribution in [-0.2, 0) is 6.42 Å². The summed E-state index contributed by atoms with van der Waals surface area (Å²) in [5.74, 6) is -0.149. The molecule has 0 amide bonds. The molecular formula is C8H10FP. The maximum Gasteiger partial charge on any atom is 0.124 e. The number of aryl methyl sites for hydroxylation is 1. The average molecular weight is 156 g/mol. The van der Waals surface area contributed by atoms with Gasteiger partial charge < -0.3 is 0 Å². The van der Waals surface area contributed by atoms with E-state index in [-0.39, 0.29) is 5.82 Å². The third-order valence-corrected chi connectivity index (χ3v) is 1.72. The lowest BCUT2D eigenvalue weighted by molar-refractivity contribution is 0.627. The zero-order chi connectivity index (χ0) is 7.56. The summed E-state index contributed by atoms with van der Waals surface area (Å²) in [5.41, 5.74) is 1.05. The molecule has 1 atom stereocenters. The quantitative estimate of drug-likeness (QED) is 0.544. The predicted molar refractivity (Wildman–Crippen MR) is 45.1 cm³/mol. The third kappa shape index (κ3) is 1.78. The molecule has 1 unspecified atom stereocenters. The van der Waals surface area contributed by atoms with Gasteiger partial charge in [-0.1, -0.05) is 13.0 Å². The molecule has 0 radical (unpaired) electrons. The van der Waals surface area contributed by atoms with Crippen LogP contribution in [0, 0.1) is 5.82 Å². The second kappa shape index (κ2) is 3.12. The van der Waals surface area contributed by atoms with E-state index in [1.54, 1.807) is 6.07 Å². The van der Waals surface area contributed by atoms with Crippen LogP contribution in [0.25, 0.3) is 0 Å². The highest BCUT2D eigenvalue weighted by molar-refractivity contribution is 7.27. The van der Waals surface area contributed by atoms with Gasteiger partial charge in [0.15, 0.2) is 0 Å². The van der Waals surface area contributed by atoms with Gasteiger partial charge in [0.25, 0.3) is 0 Å². The van der Waals surface area contributed by atoms with Crippen LogP contribution >= 0.6 is 9.24 Å². The van der Waals surface area contributed by atoms with E-state index in [0.29, 0.717) is 0 Å². The fourth-order valence-electron chi connectivity index (χ4n) is 0.880. The van der Waals surface area contributed by atoms with E-state index in [1.807, 2.05) is 13.0 Å². The van der Waals surface area contributed by atoms with E-state index in [9.17, 15) is 4.39 Å². The maximum absolute atomic E-state index is 12.6. The SMILES string of the molecule is CCc1cc(F)cc(P)c1. The Balaban J connectivity index is 3.06. The lowest BCUT2D eigenvalue weighted by Crippen LogP contribution is -1.94. The molecule has 10 heavy (non-hydrogen) atoms. The van der Waals surface area contributed by atoms with Crippen molar-refractivity contribution in [3.05, 3.63) is 29.6 Å². The first-order valence-electron chi connectivity index (χ1n) is 3.27. The van der Waals surface area contributed by atoms with Crippen molar-refractivity contribution in [2.24, 2.45) is 0 Å². The minimum absolute atomic E-state index is 0.149. The summed E-state index contributed by atoms with van der Waals surface area (Å²) in [5, 5.41) is 0.914. The van der Waals surface area contributed by atoms with Crippen molar-refractivity contribution in [2.45, 2.75) is 13.3 Å². The lowest BCUT2D eigenvalue weighted by atomic mass is 10.2. The van der Waals surface area contributed by atoms with Crippen LogP contribution in [-0.4, -0.2) is 0 Å². The van der Waals surface area contributed by atoms with Crippen molar-refractivity contribution in [2.75, 3.05) is 0 Å². The number of rotatable bonds is 1. The lowest BCUT2D eigenvalue weighted by Gasteiger charge is -1.97. The van der Waals surface area contributed by atoms with Crippen molar-refractivity contribution < 1.29 is 4.39 Å². The van der Waals surface area contributed by atoms with E-state index in [1.165, 1.54) is 6.07 Å². The van der Waals surface area contributed by atoms with Gasteiger partial charge >= 0.3 is 0 Å². The first kappa shape index (κ1) is 7.68. The molecule has 0 nitrogen and oxygen atoms in total. The predicted octanol–water partition coefficient (Wildman–Crippen LogP) is 1.89. The molecule has 0 saturated carbocycles. The molecule has 0 heterocycles. The highest BCUT2D eigenvalue weighted by atomic mass is 31.0. The van der Waals surface area contributed by atoms with Crippen LogP contribution in [0.1, 0.15) is 12.5 Å². The Bertz CT molecular complexity index is 212. The third-order valence-electron chi connectivity index (χ3n) is 1.39. The molecule has 0 bridgehead atoms. The summed E-state index contributed by atoms with van der Waals surface area (Å²) >= 11 is 0. The normalized spacial score (nSPS) is 9.90. The molecule has 0 aliphatic rings. The summed E-state index contributed by atoms with van der Waals surface area (Å²) in [6, 6.07) is 5.03. The smallest absolute Gasteiger partial charge is 0.124 e. The van der Waals surface area contributed by atoms with Crippen LogP contribution in [0.2, 0.25) is 0 Å². The molecule has 0 aliphatic heterocycles. The Labute approximate surface area is 62.7 Å². The monoisotopic (exact) mass is 156 g/mol. The van der Waals surface area contributed by atoms with Gasteiger partial charge in [-0.3, -0.25) is 0 Å². The van der Waals surface area contributed by atoms with E-state index in [2.05, 4.69) is 9.24 Å². The summed E-state index contributed by atoms with van der Waals surface area (Å²) in [4.78, 5) is 0. The molecular weight excluding hydrogens is 146 g/mol. The minimum Gasteiger partial charge on any atom is -0.207 e. The number of hydrogen-bond acceptors (Lipinski definition) is 0. The molecule has 0 spiro atoms. The van der Waals surface area contributed by atoms with E-state index in [0.717, 1.165) is 17.3 Å². The van der Waals surface area contributed by atoms with Gasteiger partial charge in [0, 0.05) is 0 Å². The molecule has 2 heteroatoms. The van der Waals surface area contributed by atoms with Crippen LogP contribution in [0.15, 0.2) is 18.2 Å². The van der Waals surface area contributed by atoms with Crippen molar-refractivity contribution in [3.8, 4) is 0 Å². The Morgan fingerprint density at radius 1 is 1.40 bits per heavy atom. The molecule has 0 N–H and O–H groups in total. The molecule has 54 valence electrons. The molecule has 0 aliphatic carbocycles. The number of benzene rings is 1. The number of hydrogen-bond donors (Lipinski definition) is 0. The highest BCUT2D eigenvalue weighted by Crippen LogP contribution is 2.04. The van der Waals surface area contributed by atoms with E-state index >= 15 is 0 Å². The Morgan fingerprint density at radius 3 is 2.60 bits per heavy atom. The molecule has 1 aromatic rings. The van der Waals surface area contributed by atoms with Gasteiger partial charge in [-0.15, -0.1) is 9.24 Å². The van der Waals surface area contributed by atoms with Crippen molar-refractivity contribution in [1.82, 2.24) is 0 Å². The van der Waals surface area contributed by atoms with Gasteiger partial charge in [-0.2, -0.15) is 0 Å². The molecule has 0 fully saturated rings. The topological polar surface area (TPSA) is 0 Å². The first-order chi connectivity index (χ1) is 4.72. The summed E-state index contributed by atoms with van der Waals surface area (Å²) < 4.78 is 12.6. The standard InChI is InChI=1S/C8H10FP/c1-2-6-3-7(9)5-8(10)4-6/h3-5H,2,10H2,1H3. The van der Waals surface area contributed by atoms with Gasteiger partial charge in [0.2, 0.25) is 0 Å². The van der Waals surface area contributed by atoms with Crippen LogP contribution in [0.5, 0.6) is 0 Å². The number of halogens is 1. The molecule has 1 rings (SSSR count). The summed E-state index contributed by atoms with van der Waals surface area (Å²) in [6.07, 6.45) is 0.888. The Morgan fingerprint density at radius 2 is 2.10 bits per heavy atom. The van der Waals surface area contributed by atoms with Crippen LogP contribution in [0.4, 0.5) is 4.39 Å². The van der Waals surface area contributed by atoms with Crippen molar-refractivity contribution >= 4 is 14.5 Å². The zero-order valence-corrected chi connectivity index (χ0v) is 7.05. The van der Waals surface area contributed by atoms with Gasteiger partial charge in [0.05, 0.1) is 0 Å². The van der Waals surface area contributed by atoms with Gasteiger partial charge in [-0.05, 0) is 29.4 Å². The second-order valence-corrected chi connectivity index (χ2v) is 2.91. The Hall–Kier alpha value is -0.420.